The summed E-state index contributed by atoms with van der Waals surface area (Å²) in [5.41, 5.74) is 6.00. The molecule has 0 aromatic heterocycles. The van der Waals surface area contributed by atoms with Crippen molar-refractivity contribution < 1.29 is 133 Å². The third-order valence-corrected chi connectivity index (χ3v) is 2.53. The first kappa shape index (κ1) is 26.9. The molecule has 0 amide bonds. The van der Waals surface area contributed by atoms with Crippen LogP contribution in [0.5, 0.6) is 0 Å². The van der Waals surface area contributed by atoms with Gasteiger partial charge in [-0.25, -0.2) is 20.2 Å². The fraction of sp³-hybridized carbons (Fsp3) is 0.500. The third-order valence-electron chi connectivity index (χ3n) is 2.53. The van der Waals surface area contributed by atoms with E-state index in [0.717, 1.165) is 0 Å². The van der Waals surface area contributed by atoms with Gasteiger partial charge in [0.05, 0.1) is 0 Å². The Kier molecular flexibility index (Phi) is 10.2. The molecule has 22 nitrogen and oxygen atoms in total. The van der Waals surface area contributed by atoms with Crippen LogP contribution in [-0.2, 0) is 9.59 Å². The van der Waals surface area contributed by atoms with E-state index in [2.05, 4.69) is 30.9 Å². The molecule has 0 aromatic carbocycles. The predicted molar refractivity (Wildman–Crippen MR) is 60.3 cm³/mol. The van der Waals surface area contributed by atoms with Gasteiger partial charge in [0.2, 0.25) is 0 Å². The number of hydrogen-bond donors (Lipinski definition) is 4. The molecule has 2 unspecified atom stereocenters. The van der Waals surface area contributed by atoms with Crippen LogP contribution in [0, 0.1) is 20.2 Å². The Bertz CT molecular complexity index is 683. The standard InChI is InChI=1S/C4H6N14O8.2K/c19-1(20)3(7-9-11-15(3)13-17(23)24)5-6-4(2(21)22)8-10-12-16(4)14-18(25)26;;/h13-14H,(H,7,11)(H,8,12)(H,19,20)(H,21,22);;/q;2*+1/p-2. The Morgan fingerprint density at radius 2 is 1.18 bits per heavy atom. The molecule has 2 heterocycles. The van der Waals surface area contributed by atoms with Gasteiger partial charge in [-0.15, -0.1) is 20.5 Å². The molecule has 0 bridgehead atoms. The Hall–Kier alpha value is -1.07. The van der Waals surface area contributed by atoms with Crippen molar-refractivity contribution >= 4 is 11.9 Å². The number of nitrogens with one attached hydrogen (secondary N) is 4. The predicted octanol–water partition coefficient (Wildman–Crippen LogP) is -12.0. The number of hydrazine groups is 6. The van der Waals surface area contributed by atoms with Gasteiger partial charge >= 0.3 is 114 Å². The molecular weight excluding hydrogens is 450 g/mol. The number of hydrogen-bond acceptors (Lipinski definition) is 18. The quantitative estimate of drug-likeness (QED) is 0.115. The van der Waals surface area contributed by atoms with E-state index >= 15 is 0 Å². The first-order valence-corrected chi connectivity index (χ1v) is 5.78. The molecule has 28 heavy (non-hydrogen) atoms. The molecule has 0 radical (unpaired) electrons. The van der Waals surface area contributed by atoms with Crippen molar-refractivity contribution in [1.29, 1.82) is 0 Å². The van der Waals surface area contributed by atoms with Crippen LogP contribution in [0.25, 0.3) is 0 Å². The Morgan fingerprint density at radius 1 is 0.857 bits per heavy atom. The zero-order valence-corrected chi connectivity index (χ0v) is 20.0. The maximum atomic E-state index is 11.3. The van der Waals surface area contributed by atoms with Gasteiger partial charge < -0.3 is 19.8 Å². The van der Waals surface area contributed by atoms with Crippen molar-refractivity contribution in [2.24, 2.45) is 30.9 Å². The van der Waals surface area contributed by atoms with Gasteiger partial charge in [-0.2, -0.15) is 11.1 Å². The number of azo groups is 1. The van der Waals surface area contributed by atoms with E-state index in [-0.39, 0.29) is 113 Å². The van der Waals surface area contributed by atoms with Gasteiger partial charge in [-0.1, -0.05) is 10.4 Å². The number of nitro groups is 2. The van der Waals surface area contributed by atoms with E-state index in [9.17, 15) is 40.0 Å². The summed E-state index contributed by atoms with van der Waals surface area (Å²) in [6, 6.07) is 0. The van der Waals surface area contributed by atoms with Crippen molar-refractivity contribution in [1.82, 2.24) is 32.4 Å². The monoisotopic (exact) mass is 454 g/mol. The molecule has 0 saturated carbocycles. The summed E-state index contributed by atoms with van der Waals surface area (Å²) in [4.78, 5) is 43.6. The topological polar surface area (TPSA) is 295 Å². The first-order valence-electron chi connectivity index (χ1n) is 5.78. The van der Waals surface area contributed by atoms with Crippen LogP contribution >= 0.6 is 0 Å². The molecule has 2 aliphatic rings. The molecule has 0 aromatic rings. The molecule has 4 N–H and O–H groups in total. The van der Waals surface area contributed by atoms with Crippen molar-refractivity contribution in [3.05, 3.63) is 20.2 Å². The smallest absolute Gasteiger partial charge is 0.544 e. The van der Waals surface area contributed by atoms with Gasteiger partial charge in [-0.05, 0) is 21.3 Å². The fourth-order valence-corrected chi connectivity index (χ4v) is 1.46. The molecule has 2 aliphatic heterocycles. The van der Waals surface area contributed by atoms with E-state index in [1.807, 2.05) is 0 Å². The Morgan fingerprint density at radius 3 is 1.43 bits per heavy atom. The normalized spacial score (nSPS) is 25.9. The molecule has 140 valence electrons. The number of rotatable bonds is 8. The summed E-state index contributed by atoms with van der Waals surface area (Å²) in [6.07, 6.45) is 0. The molecule has 0 spiro atoms. The van der Waals surface area contributed by atoms with Crippen LogP contribution in [0.2, 0.25) is 0 Å². The average Bonchev–Trinajstić information content (AvgIpc) is 3.10. The maximum absolute atomic E-state index is 11.3. The largest absolute Gasteiger partial charge is 1.00 e. The average molecular weight is 454 g/mol. The van der Waals surface area contributed by atoms with E-state index in [0.29, 0.717) is 0 Å². The second-order valence-electron chi connectivity index (χ2n) is 4.03. The minimum atomic E-state index is -3.12. The molecule has 0 saturated heterocycles. The van der Waals surface area contributed by atoms with E-state index in [1.54, 1.807) is 11.1 Å². The summed E-state index contributed by atoms with van der Waals surface area (Å²) in [5, 5.41) is 59.0. The van der Waals surface area contributed by atoms with Gasteiger partial charge in [0.1, 0.15) is 11.9 Å². The maximum Gasteiger partial charge on any atom is 1.00 e. The van der Waals surface area contributed by atoms with E-state index < -0.39 is 33.6 Å². The fourth-order valence-electron chi connectivity index (χ4n) is 1.46. The van der Waals surface area contributed by atoms with Gasteiger partial charge in [0.15, 0.2) is 10.1 Å². The van der Waals surface area contributed by atoms with Crippen LogP contribution in [0.4, 0.5) is 0 Å². The minimum absolute atomic E-state index is 0. The number of aliphatic carboxylic acids is 2. The zero-order chi connectivity index (χ0) is 19.5. The number of carbonyl (C=O) groups excluding carboxylic acids is 2. The SMILES string of the molecule is O=C([O-])C1(N=NC2(C(=O)[O-])N=NNN2N[N+](=O)[O-])N=NNN1N[N+](=O)[O-].[K+].[K+]. The summed E-state index contributed by atoms with van der Waals surface area (Å²) in [5.74, 6) is -10.7. The van der Waals surface area contributed by atoms with Crippen LogP contribution in [0.1, 0.15) is 0 Å². The molecule has 0 aliphatic carbocycles. The summed E-state index contributed by atoms with van der Waals surface area (Å²) < 4.78 is 0. The summed E-state index contributed by atoms with van der Waals surface area (Å²) in [7, 11) is 0. The summed E-state index contributed by atoms with van der Waals surface area (Å²) in [6.45, 7) is 0. The second-order valence-corrected chi connectivity index (χ2v) is 4.03. The van der Waals surface area contributed by atoms with Gasteiger partial charge in [-0.3, -0.25) is 0 Å². The van der Waals surface area contributed by atoms with Crippen molar-refractivity contribution in [3.8, 4) is 0 Å². The van der Waals surface area contributed by atoms with Crippen molar-refractivity contribution in [2.45, 2.75) is 11.6 Å². The summed E-state index contributed by atoms with van der Waals surface area (Å²) >= 11 is 0. The molecule has 2 rings (SSSR count). The third kappa shape index (κ3) is 5.30. The van der Waals surface area contributed by atoms with Crippen LogP contribution in [0.3, 0.4) is 0 Å². The zero-order valence-electron chi connectivity index (χ0n) is 13.7. The molecular formula is C4H4K2N14O8. The molecule has 2 atom stereocenters. The van der Waals surface area contributed by atoms with Crippen LogP contribution in [-0.4, -0.2) is 43.8 Å². The van der Waals surface area contributed by atoms with E-state index in [4.69, 9.17) is 0 Å². The van der Waals surface area contributed by atoms with Gasteiger partial charge in [0.25, 0.3) is 0 Å². The van der Waals surface area contributed by atoms with Crippen LogP contribution < -0.4 is 135 Å². The van der Waals surface area contributed by atoms with Gasteiger partial charge in [0, 0.05) is 0 Å². The number of carboxylic acid groups (broad SMARTS) is 2. The van der Waals surface area contributed by atoms with Crippen molar-refractivity contribution in [3.63, 3.8) is 0 Å². The molecule has 24 heteroatoms. The number of carboxylic acids is 2. The second kappa shape index (κ2) is 10.6. The first-order chi connectivity index (χ1) is 12.1. The van der Waals surface area contributed by atoms with Crippen molar-refractivity contribution in [2.75, 3.05) is 0 Å². The van der Waals surface area contributed by atoms with E-state index in [1.165, 1.54) is 11.1 Å². The minimum Gasteiger partial charge on any atom is -0.544 e. The van der Waals surface area contributed by atoms with Crippen LogP contribution in [0.15, 0.2) is 30.9 Å². The Balaban J connectivity index is 0.00000364. The molecule has 0 fully saturated rings. The Labute approximate surface area is 236 Å². The number of carbonyl (C=O) groups is 2. The number of nitrogens with zero attached hydrogens (tertiary/aromatic N) is 10.